The molecule has 0 spiro atoms. The van der Waals surface area contributed by atoms with Gasteiger partial charge in [-0.05, 0) is 43.1 Å². The maximum Gasteiger partial charge on any atom is 0.326 e. The summed E-state index contributed by atoms with van der Waals surface area (Å²) in [6, 6.07) is 11.1. The van der Waals surface area contributed by atoms with Crippen LogP contribution in [0, 0.1) is 0 Å². The topological polar surface area (TPSA) is 98.8 Å². The predicted octanol–water partition coefficient (Wildman–Crippen LogP) is 4.17. The Morgan fingerprint density at radius 1 is 1.00 bits per heavy atom. The number of halogens is 3. The molecule has 0 fully saturated rings. The van der Waals surface area contributed by atoms with Crippen LogP contribution in [0.3, 0.4) is 0 Å². The number of benzene rings is 3. The third-order valence-corrected chi connectivity index (χ3v) is 5.98. The largest absolute Gasteiger partial charge is 0.326 e. The van der Waals surface area contributed by atoms with E-state index in [2.05, 4.69) is 5.32 Å². The van der Waals surface area contributed by atoms with Crippen LogP contribution in [0.15, 0.2) is 42.5 Å². The molecule has 1 aliphatic heterocycles. The van der Waals surface area contributed by atoms with E-state index in [0.717, 1.165) is 0 Å². The lowest BCUT2D eigenvalue weighted by Crippen LogP contribution is -2.43. The maximum absolute atomic E-state index is 13.5. The van der Waals surface area contributed by atoms with E-state index in [-0.39, 0.29) is 12.5 Å². The number of hydrogen-bond acceptors (Lipinski definition) is 5. The molecule has 11 heteroatoms. The molecule has 5 amide bonds. The number of rotatable bonds is 4. The Kier molecular flexibility index (Phi) is 6.44. The minimum Gasteiger partial charge on any atom is -0.308 e. The van der Waals surface area contributed by atoms with Gasteiger partial charge in [-0.25, -0.2) is 4.79 Å². The molecular weight excluding hydrogens is 503 g/mol. The van der Waals surface area contributed by atoms with Gasteiger partial charge in [-0.2, -0.15) is 0 Å². The monoisotopic (exact) mass is 520 g/mol. The lowest BCUT2D eigenvalue weighted by Gasteiger charge is -2.29. The van der Waals surface area contributed by atoms with Crippen molar-refractivity contribution in [2.45, 2.75) is 3.79 Å². The first kappa shape index (κ1) is 24.2. The highest BCUT2D eigenvalue weighted by Crippen LogP contribution is 2.38. The number of urea groups is 1. The van der Waals surface area contributed by atoms with E-state index in [1.807, 2.05) is 24.3 Å². The summed E-state index contributed by atoms with van der Waals surface area (Å²) in [6.07, 6.45) is 0. The zero-order chi connectivity index (χ0) is 24.8. The Bertz CT molecular complexity index is 1370. The first-order valence-electron chi connectivity index (χ1n) is 10.2. The zero-order valence-electron chi connectivity index (χ0n) is 18.1. The van der Waals surface area contributed by atoms with Crippen LogP contribution in [-0.4, -0.2) is 64.5 Å². The summed E-state index contributed by atoms with van der Waals surface area (Å²) in [4.78, 5) is 53.9. The summed E-state index contributed by atoms with van der Waals surface area (Å²) in [5.41, 5.74) is 1.15. The van der Waals surface area contributed by atoms with Crippen molar-refractivity contribution in [3.05, 3.63) is 53.6 Å². The average Bonchev–Trinajstić information content (AvgIpc) is 2.75. The summed E-state index contributed by atoms with van der Waals surface area (Å²) in [7, 11) is 3.72. The molecule has 0 aliphatic carbocycles. The number of alkyl halides is 3. The fourth-order valence-electron chi connectivity index (χ4n) is 3.91. The highest BCUT2D eigenvalue weighted by Gasteiger charge is 2.35. The molecule has 3 aromatic rings. The van der Waals surface area contributed by atoms with Gasteiger partial charge >= 0.3 is 6.03 Å². The molecule has 0 saturated carbocycles. The SMILES string of the molecule is CN(C)CCN1C(=O)c2cccc3cc4c(NC(=O)NC(=O)C(Cl)(Cl)Cl)cccc4c(c23)C1=O. The molecular formula is C23H19Cl3N4O4. The quantitative estimate of drug-likeness (QED) is 0.305. The number of amides is 5. The molecule has 8 nitrogen and oxygen atoms in total. The van der Waals surface area contributed by atoms with Gasteiger partial charge in [0.2, 0.25) is 0 Å². The highest BCUT2D eigenvalue weighted by molar-refractivity contribution is 6.76. The van der Waals surface area contributed by atoms with E-state index in [0.29, 0.717) is 44.9 Å². The molecule has 3 aromatic carbocycles. The van der Waals surface area contributed by atoms with Gasteiger partial charge in [-0.3, -0.25) is 24.6 Å². The molecule has 1 heterocycles. The second-order valence-electron chi connectivity index (χ2n) is 8.03. The van der Waals surface area contributed by atoms with E-state index in [9.17, 15) is 19.2 Å². The highest BCUT2D eigenvalue weighted by atomic mass is 35.6. The fourth-order valence-corrected chi connectivity index (χ4v) is 4.05. The van der Waals surface area contributed by atoms with Crippen molar-refractivity contribution < 1.29 is 19.2 Å². The van der Waals surface area contributed by atoms with Gasteiger partial charge in [0.25, 0.3) is 21.5 Å². The molecule has 0 bridgehead atoms. The number of anilines is 1. The number of hydrogen-bond donors (Lipinski definition) is 2. The van der Waals surface area contributed by atoms with Crippen LogP contribution in [0.2, 0.25) is 0 Å². The van der Waals surface area contributed by atoms with Gasteiger partial charge in [-0.15, -0.1) is 0 Å². The van der Waals surface area contributed by atoms with Gasteiger partial charge in [0.1, 0.15) is 0 Å². The lowest BCUT2D eigenvalue weighted by atomic mass is 9.89. The minimum atomic E-state index is -2.30. The van der Waals surface area contributed by atoms with Gasteiger partial charge in [-0.1, -0.05) is 59.1 Å². The van der Waals surface area contributed by atoms with Crippen molar-refractivity contribution >= 4 is 85.8 Å². The third kappa shape index (κ3) is 4.42. The van der Waals surface area contributed by atoms with Gasteiger partial charge in [0.15, 0.2) is 0 Å². The number of nitrogens with zero attached hydrogens (tertiary/aromatic N) is 2. The second kappa shape index (κ2) is 9.03. The summed E-state index contributed by atoms with van der Waals surface area (Å²) in [5, 5.41) is 6.86. The van der Waals surface area contributed by atoms with Crippen LogP contribution in [0.25, 0.3) is 21.5 Å². The van der Waals surface area contributed by atoms with Gasteiger partial charge in [0.05, 0.1) is 11.3 Å². The van der Waals surface area contributed by atoms with Crippen molar-refractivity contribution in [1.29, 1.82) is 0 Å². The minimum absolute atomic E-state index is 0.233. The first-order chi connectivity index (χ1) is 16.0. The summed E-state index contributed by atoms with van der Waals surface area (Å²) < 4.78 is -2.30. The van der Waals surface area contributed by atoms with E-state index in [4.69, 9.17) is 34.8 Å². The Hall–Kier alpha value is -2.91. The molecule has 1 aliphatic rings. The molecule has 0 radical (unpaired) electrons. The number of carbonyl (C=O) groups excluding carboxylic acids is 4. The van der Waals surface area contributed by atoms with E-state index in [1.54, 1.807) is 42.5 Å². The third-order valence-electron chi connectivity index (χ3n) is 5.46. The number of likely N-dealkylation sites (N-methyl/N-ethyl adjacent to an activating group) is 1. The van der Waals surface area contributed by atoms with Crippen molar-refractivity contribution in [2.24, 2.45) is 0 Å². The van der Waals surface area contributed by atoms with Crippen LogP contribution in [0.5, 0.6) is 0 Å². The molecule has 0 aromatic heterocycles. The van der Waals surface area contributed by atoms with Crippen molar-refractivity contribution in [3.8, 4) is 0 Å². The van der Waals surface area contributed by atoms with Crippen molar-refractivity contribution in [1.82, 2.24) is 15.1 Å². The zero-order valence-corrected chi connectivity index (χ0v) is 20.4. The van der Waals surface area contributed by atoms with Crippen molar-refractivity contribution in [2.75, 3.05) is 32.5 Å². The number of fused-ring (bicyclic) bond motifs is 2. The molecule has 176 valence electrons. The first-order valence-corrected chi connectivity index (χ1v) is 11.3. The van der Waals surface area contributed by atoms with Gasteiger partial charge < -0.3 is 10.2 Å². The normalized spacial score (nSPS) is 13.6. The maximum atomic E-state index is 13.5. The smallest absolute Gasteiger partial charge is 0.308 e. The van der Waals surface area contributed by atoms with Gasteiger partial charge in [0, 0.05) is 29.4 Å². The van der Waals surface area contributed by atoms with E-state index in [1.165, 1.54) is 4.90 Å². The second-order valence-corrected chi connectivity index (χ2v) is 10.3. The fraction of sp³-hybridized carbons (Fsp3) is 0.217. The van der Waals surface area contributed by atoms with Crippen LogP contribution < -0.4 is 10.6 Å². The number of imide groups is 2. The van der Waals surface area contributed by atoms with Crippen LogP contribution in [-0.2, 0) is 4.79 Å². The standard InChI is InChI=1S/C23H19Cl3N4O4/c1-29(2)9-10-30-19(31)14-7-3-5-12-11-15-13(18(17(12)14)20(30)32)6-4-8-16(15)27-22(34)28-21(33)23(24,25)26/h3-8,11H,9-10H2,1-2H3,(H2,27,28,33,34). The average molecular weight is 522 g/mol. The van der Waals surface area contributed by atoms with E-state index < -0.39 is 21.6 Å². The molecule has 0 unspecified atom stereocenters. The Morgan fingerprint density at radius 3 is 2.38 bits per heavy atom. The lowest BCUT2D eigenvalue weighted by molar-refractivity contribution is -0.119. The number of nitrogens with one attached hydrogen (secondary N) is 2. The van der Waals surface area contributed by atoms with Crippen LogP contribution >= 0.6 is 34.8 Å². The van der Waals surface area contributed by atoms with Crippen LogP contribution in [0.4, 0.5) is 10.5 Å². The summed E-state index contributed by atoms with van der Waals surface area (Å²) in [5.74, 6) is -1.86. The number of carbonyl (C=O) groups is 4. The molecule has 0 atom stereocenters. The Morgan fingerprint density at radius 2 is 1.71 bits per heavy atom. The van der Waals surface area contributed by atoms with Crippen molar-refractivity contribution in [3.63, 3.8) is 0 Å². The summed E-state index contributed by atoms with van der Waals surface area (Å²) >= 11 is 16.5. The Labute approximate surface area is 209 Å². The molecule has 2 N–H and O–H groups in total. The summed E-state index contributed by atoms with van der Waals surface area (Å²) in [6.45, 7) is 0.744. The Balaban J connectivity index is 1.83. The molecule has 4 rings (SSSR count). The molecule has 34 heavy (non-hydrogen) atoms. The predicted molar refractivity (Wildman–Crippen MR) is 133 cm³/mol. The molecule has 0 saturated heterocycles. The van der Waals surface area contributed by atoms with E-state index >= 15 is 0 Å². The van der Waals surface area contributed by atoms with Crippen LogP contribution in [0.1, 0.15) is 20.7 Å².